The summed E-state index contributed by atoms with van der Waals surface area (Å²) in [5.74, 6) is 0.595. The number of benzene rings is 1. The molecule has 1 aromatic rings. The van der Waals surface area contributed by atoms with Crippen molar-refractivity contribution < 1.29 is 22.6 Å². The van der Waals surface area contributed by atoms with Gasteiger partial charge in [0.2, 0.25) is 0 Å². The van der Waals surface area contributed by atoms with E-state index in [2.05, 4.69) is 0 Å². The molecule has 0 radical (unpaired) electrons. The minimum Gasteiger partial charge on any atom is -0.490 e. The van der Waals surface area contributed by atoms with Gasteiger partial charge in [0.25, 0.3) is 0 Å². The number of alkyl halides is 3. The Kier molecular flexibility index (Phi) is 4.13. The second kappa shape index (κ2) is 5.52. The highest BCUT2D eigenvalue weighted by Gasteiger charge is 2.34. The fourth-order valence-corrected chi connectivity index (χ4v) is 2.11. The van der Waals surface area contributed by atoms with Gasteiger partial charge in [0.1, 0.15) is 6.73 Å². The normalized spacial score (nSPS) is 15.9. The zero-order valence-electron chi connectivity index (χ0n) is 11.8. The van der Waals surface area contributed by atoms with E-state index in [0.29, 0.717) is 31.2 Å². The van der Waals surface area contributed by atoms with Gasteiger partial charge in [0.15, 0.2) is 11.5 Å². The first-order valence-electron chi connectivity index (χ1n) is 6.56. The lowest BCUT2D eigenvalue weighted by Gasteiger charge is -2.33. The van der Waals surface area contributed by atoms with E-state index < -0.39 is 11.7 Å². The number of hydrogen-bond donors (Lipinski definition) is 0. The zero-order chi connectivity index (χ0) is 14.9. The van der Waals surface area contributed by atoms with Crippen molar-refractivity contribution in [2.24, 2.45) is 0 Å². The Morgan fingerprint density at radius 2 is 2.05 bits per heavy atom. The van der Waals surface area contributed by atoms with Crippen molar-refractivity contribution >= 4 is 0 Å². The topological polar surface area (TPSA) is 21.7 Å². The van der Waals surface area contributed by atoms with Gasteiger partial charge in [-0.25, -0.2) is 0 Å². The monoisotopic (exact) mass is 289 g/mol. The van der Waals surface area contributed by atoms with Crippen molar-refractivity contribution in [1.29, 1.82) is 0 Å². The Bertz CT molecular complexity index is 486. The Hall–Kier alpha value is -1.43. The van der Waals surface area contributed by atoms with E-state index in [-0.39, 0.29) is 11.8 Å². The molecule has 0 saturated heterocycles. The summed E-state index contributed by atoms with van der Waals surface area (Å²) in [6.45, 7) is 6.77. The number of fused-ring (bicyclic) bond motifs is 1. The average Bonchev–Trinajstić information content (AvgIpc) is 2.37. The highest BCUT2D eigenvalue weighted by molar-refractivity contribution is 5.51. The lowest BCUT2D eigenvalue weighted by molar-refractivity contribution is -0.137. The predicted octanol–water partition coefficient (Wildman–Crippen LogP) is 3.66. The third kappa shape index (κ3) is 3.00. The molecule has 0 fully saturated rings. The molecule has 1 aliphatic heterocycles. The van der Waals surface area contributed by atoms with E-state index in [4.69, 9.17) is 9.47 Å². The molecule has 1 heterocycles. The quantitative estimate of drug-likeness (QED) is 0.847. The third-order valence-corrected chi connectivity index (χ3v) is 3.24. The van der Waals surface area contributed by atoms with Crippen LogP contribution in [0.3, 0.4) is 0 Å². The largest absolute Gasteiger partial charge is 0.490 e. The van der Waals surface area contributed by atoms with Crippen LogP contribution >= 0.6 is 0 Å². The van der Waals surface area contributed by atoms with Crippen LogP contribution in [-0.2, 0) is 12.7 Å². The molecule has 0 unspecified atom stereocenters. The molecule has 0 aliphatic carbocycles. The molecule has 0 saturated carbocycles. The standard InChI is InChI=1S/C14H18F3NO2/c1-4-19-12-6-11(14(15,16)17)5-10-7-18(9(2)3)8-20-13(10)12/h5-6,9H,4,7-8H2,1-3H3. The van der Waals surface area contributed by atoms with E-state index in [1.54, 1.807) is 6.92 Å². The van der Waals surface area contributed by atoms with Gasteiger partial charge in [-0.3, -0.25) is 4.90 Å². The van der Waals surface area contributed by atoms with Crippen molar-refractivity contribution in [2.75, 3.05) is 13.3 Å². The van der Waals surface area contributed by atoms with E-state index in [1.165, 1.54) is 0 Å². The molecule has 1 aromatic carbocycles. The maximum atomic E-state index is 12.9. The number of halogens is 3. The lowest BCUT2D eigenvalue weighted by Crippen LogP contribution is -2.37. The minimum absolute atomic E-state index is 0.167. The van der Waals surface area contributed by atoms with Gasteiger partial charge >= 0.3 is 6.18 Å². The Labute approximate surface area is 116 Å². The maximum absolute atomic E-state index is 12.9. The van der Waals surface area contributed by atoms with Gasteiger partial charge in [-0.2, -0.15) is 13.2 Å². The molecule has 112 valence electrons. The number of nitrogens with zero attached hydrogens (tertiary/aromatic N) is 1. The summed E-state index contributed by atoms with van der Waals surface area (Å²) in [6, 6.07) is 2.35. The van der Waals surface area contributed by atoms with Crippen LogP contribution in [0.5, 0.6) is 11.5 Å². The van der Waals surface area contributed by atoms with Gasteiger partial charge in [-0.1, -0.05) is 0 Å². The molecule has 0 aromatic heterocycles. The second-order valence-electron chi connectivity index (χ2n) is 5.01. The zero-order valence-corrected chi connectivity index (χ0v) is 11.8. The van der Waals surface area contributed by atoms with E-state index in [1.807, 2.05) is 18.7 Å². The summed E-state index contributed by atoms with van der Waals surface area (Å²) in [5.41, 5.74) is -0.183. The first-order chi connectivity index (χ1) is 9.32. The maximum Gasteiger partial charge on any atom is 0.416 e. The Balaban J connectivity index is 2.43. The minimum atomic E-state index is -4.39. The van der Waals surface area contributed by atoms with Crippen LogP contribution in [0.1, 0.15) is 31.9 Å². The van der Waals surface area contributed by atoms with E-state index in [0.717, 1.165) is 12.1 Å². The molecular weight excluding hydrogens is 271 g/mol. The van der Waals surface area contributed by atoms with Gasteiger partial charge in [-0.15, -0.1) is 0 Å². The average molecular weight is 289 g/mol. The van der Waals surface area contributed by atoms with E-state index in [9.17, 15) is 13.2 Å². The Morgan fingerprint density at radius 1 is 1.35 bits per heavy atom. The summed E-state index contributed by atoms with van der Waals surface area (Å²) >= 11 is 0. The van der Waals surface area contributed by atoms with Crippen molar-refractivity contribution in [1.82, 2.24) is 4.90 Å². The SMILES string of the molecule is CCOc1cc(C(F)(F)F)cc2c1OCN(C(C)C)C2. The molecule has 20 heavy (non-hydrogen) atoms. The highest BCUT2D eigenvalue weighted by atomic mass is 19.4. The molecule has 2 rings (SSSR count). The van der Waals surface area contributed by atoms with Gasteiger partial charge < -0.3 is 9.47 Å². The van der Waals surface area contributed by atoms with Gasteiger partial charge in [-0.05, 0) is 32.9 Å². The number of ether oxygens (including phenoxy) is 2. The molecular formula is C14H18F3NO2. The molecule has 0 amide bonds. The summed E-state index contributed by atoms with van der Waals surface area (Å²) < 4.78 is 49.6. The lowest BCUT2D eigenvalue weighted by atomic mass is 10.1. The summed E-state index contributed by atoms with van der Waals surface area (Å²) in [6.07, 6.45) is -4.39. The first-order valence-corrected chi connectivity index (χ1v) is 6.56. The van der Waals surface area contributed by atoms with Crippen LogP contribution in [0.4, 0.5) is 13.2 Å². The molecule has 1 aliphatic rings. The highest BCUT2D eigenvalue weighted by Crippen LogP contribution is 2.41. The first kappa shape index (κ1) is 15.0. The molecule has 6 heteroatoms. The molecule has 0 atom stereocenters. The van der Waals surface area contributed by atoms with Crippen LogP contribution in [0.2, 0.25) is 0 Å². The van der Waals surface area contributed by atoms with Crippen molar-refractivity contribution in [3.8, 4) is 11.5 Å². The third-order valence-electron chi connectivity index (χ3n) is 3.24. The fourth-order valence-electron chi connectivity index (χ4n) is 2.11. The predicted molar refractivity (Wildman–Crippen MR) is 68.8 cm³/mol. The number of rotatable bonds is 3. The van der Waals surface area contributed by atoms with Crippen LogP contribution in [-0.4, -0.2) is 24.3 Å². The van der Waals surface area contributed by atoms with Gasteiger partial charge in [0.05, 0.1) is 12.2 Å². The summed E-state index contributed by atoms with van der Waals surface area (Å²) in [5, 5.41) is 0. The fraction of sp³-hybridized carbons (Fsp3) is 0.571. The van der Waals surface area contributed by atoms with Crippen molar-refractivity contribution in [2.45, 2.75) is 39.5 Å². The van der Waals surface area contributed by atoms with Crippen LogP contribution < -0.4 is 9.47 Å². The molecule has 3 nitrogen and oxygen atoms in total. The van der Waals surface area contributed by atoms with Crippen molar-refractivity contribution in [3.63, 3.8) is 0 Å². The number of hydrogen-bond acceptors (Lipinski definition) is 3. The van der Waals surface area contributed by atoms with Crippen molar-refractivity contribution in [3.05, 3.63) is 23.3 Å². The van der Waals surface area contributed by atoms with Gasteiger partial charge in [0, 0.05) is 18.2 Å². The molecule has 0 N–H and O–H groups in total. The summed E-state index contributed by atoms with van der Waals surface area (Å²) in [4.78, 5) is 1.96. The van der Waals surface area contributed by atoms with Crippen LogP contribution in [0, 0.1) is 0 Å². The van der Waals surface area contributed by atoms with Crippen LogP contribution in [0.15, 0.2) is 12.1 Å². The molecule has 0 spiro atoms. The van der Waals surface area contributed by atoms with Crippen LogP contribution in [0.25, 0.3) is 0 Å². The smallest absolute Gasteiger partial charge is 0.416 e. The second-order valence-corrected chi connectivity index (χ2v) is 5.01. The van der Waals surface area contributed by atoms with E-state index >= 15 is 0 Å². The Morgan fingerprint density at radius 3 is 2.60 bits per heavy atom. The molecule has 0 bridgehead atoms. The summed E-state index contributed by atoms with van der Waals surface area (Å²) in [7, 11) is 0.